The first kappa shape index (κ1) is 26.5. The van der Waals surface area contributed by atoms with E-state index in [9.17, 15) is 4.79 Å². The molecule has 0 aromatic rings. The van der Waals surface area contributed by atoms with E-state index in [0.29, 0.717) is 5.41 Å². The largest absolute Gasteiger partial charge is 0.458 e. The molecule has 178 valence electrons. The summed E-state index contributed by atoms with van der Waals surface area (Å²) < 4.78 is 5.41. The standard InChI is InChI=1S/C21H30O2.C8H14O/c1-15-17(7-4-10-20(15)23-16(2)22)11-12-18-8-5-13-21(3)14-6-9-19(18)21;1-4-5-6-7-8(2,3)9/h11-12,19-20H,1,4-10,13-14H2,2-3H3;9H,4-5H2,1-3H3/b17-11-,18-12+;. The number of carbonyl (C=O) groups excluding carboxylic acids is 1. The molecule has 3 nitrogen and oxygen atoms in total. The third kappa shape index (κ3) is 7.96. The molecule has 3 aliphatic rings. The number of ether oxygens (including phenoxy) is 1. The van der Waals surface area contributed by atoms with E-state index in [1.165, 1.54) is 51.0 Å². The van der Waals surface area contributed by atoms with Crippen LogP contribution < -0.4 is 0 Å². The maximum atomic E-state index is 11.2. The topological polar surface area (TPSA) is 46.5 Å². The summed E-state index contributed by atoms with van der Waals surface area (Å²) in [6.07, 6.45) is 17.6. The molecule has 3 fully saturated rings. The zero-order valence-electron chi connectivity index (χ0n) is 21.1. The first-order chi connectivity index (χ1) is 15.1. The average Bonchev–Trinajstić information content (AvgIpc) is 3.10. The van der Waals surface area contributed by atoms with Crippen molar-refractivity contribution in [3.63, 3.8) is 0 Å². The molecule has 32 heavy (non-hydrogen) atoms. The third-order valence-corrected chi connectivity index (χ3v) is 7.03. The minimum atomic E-state index is -0.810. The van der Waals surface area contributed by atoms with E-state index in [1.54, 1.807) is 19.4 Å². The highest BCUT2D eigenvalue weighted by Gasteiger charge is 2.42. The number of allylic oxidation sites excluding steroid dienone is 3. The maximum absolute atomic E-state index is 11.2. The molecular formula is C29H44O3. The summed E-state index contributed by atoms with van der Waals surface area (Å²) in [5.41, 5.74) is 3.67. The molecule has 3 heteroatoms. The molecule has 0 saturated heterocycles. The smallest absolute Gasteiger partial charge is 0.303 e. The van der Waals surface area contributed by atoms with E-state index < -0.39 is 5.60 Å². The van der Waals surface area contributed by atoms with Gasteiger partial charge in [0.2, 0.25) is 0 Å². The molecule has 0 spiro atoms. The van der Waals surface area contributed by atoms with Crippen LogP contribution in [0.2, 0.25) is 0 Å². The van der Waals surface area contributed by atoms with Gasteiger partial charge in [0.25, 0.3) is 0 Å². The number of aliphatic hydroxyl groups is 1. The van der Waals surface area contributed by atoms with Gasteiger partial charge < -0.3 is 9.84 Å². The predicted molar refractivity (Wildman–Crippen MR) is 133 cm³/mol. The average molecular weight is 441 g/mol. The van der Waals surface area contributed by atoms with Gasteiger partial charge in [-0.2, -0.15) is 0 Å². The van der Waals surface area contributed by atoms with Gasteiger partial charge in [0.1, 0.15) is 11.7 Å². The summed E-state index contributed by atoms with van der Waals surface area (Å²) in [6, 6.07) is 0. The van der Waals surface area contributed by atoms with Crippen LogP contribution in [0.5, 0.6) is 0 Å². The summed E-state index contributed by atoms with van der Waals surface area (Å²) in [4.78, 5) is 11.2. The molecule has 3 saturated carbocycles. The molecule has 0 aliphatic heterocycles. The molecule has 0 aromatic carbocycles. The lowest BCUT2D eigenvalue weighted by Gasteiger charge is -2.38. The second-order valence-corrected chi connectivity index (χ2v) is 10.5. The first-order valence-corrected chi connectivity index (χ1v) is 12.5. The summed E-state index contributed by atoms with van der Waals surface area (Å²) in [5, 5.41) is 9.07. The van der Waals surface area contributed by atoms with Crippen LogP contribution in [-0.2, 0) is 9.53 Å². The van der Waals surface area contributed by atoms with Crippen LogP contribution in [0.3, 0.4) is 0 Å². The molecular weight excluding hydrogens is 396 g/mol. The Kier molecular flexibility index (Phi) is 9.83. The van der Waals surface area contributed by atoms with Crippen molar-refractivity contribution in [2.75, 3.05) is 0 Å². The molecule has 1 N–H and O–H groups in total. The van der Waals surface area contributed by atoms with Crippen LogP contribution in [0, 0.1) is 23.2 Å². The number of rotatable bonds is 3. The Labute approximate surface area is 196 Å². The van der Waals surface area contributed by atoms with Crippen LogP contribution in [0.4, 0.5) is 0 Å². The number of unbranched alkanes of at least 4 members (excludes halogenated alkanes) is 1. The van der Waals surface area contributed by atoms with Crippen LogP contribution >= 0.6 is 0 Å². The van der Waals surface area contributed by atoms with Crippen molar-refractivity contribution < 1.29 is 14.6 Å². The Morgan fingerprint density at radius 3 is 2.59 bits per heavy atom. The molecule has 0 amide bonds. The molecule has 0 aromatic heterocycles. The van der Waals surface area contributed by atoms with Gasteiger partial charge in [0, 0.05) is 13.3 Å². The SMILES string of the molecule is C=C1/C(=C\C=C2/CCCC3(C)CCCC23)CCCC1OC(C)=O.CCCC#CC(C)(C)O. The van der Waals surface area contributed by atoms with E-state index in [0.717, 1.165) is 43.6 Å². The zero-order chi connectivity index (χ0) is 23.8. The van der Waals surface area contributed by atoms with Crippen molar-refractivity contribution in [2.24, 2.45) is 11.3 Å². The van der Waals surface area contributed by atoms with E-state index in [2.05, 4.69) is 44.4 Å². The molecule has 0 bridgehead atoms. The van der Waals surface area contributed by atoms with E-state index >= 15 is 0 Å². The highest BCUT2D eigenvalue weighted by molar-refractivity contribution is 5.66. The monoisotopic (exact) mass is 440 g/mol. The van der Waals surface area contributed by atoms with Gasteiger partial charge in [-0.1, -0.05) is 50.5 Å². The molecule has 0 heterocycles. The lowest BCUT2D eigenvalue weighted by molar-refractivity contribution is -0.145. The summed E-state index contributed by atoms with van der Waals surface area (Å²) in [7, 11) is 0. The van der Waals surface area contributed by atoms with Gasteiger partial charge >= 0.3 is 5.97 Å². The Hall–Kier alpha value is -1.79. The Balaban J connectivity index is 0.000000344. The van der Waals surface area contributed by atoms with Gasteiger partial charge in [0.05, 0.1) is 0 Å². The Morgan fingerprint density at radius 2 is 1.94 bits per heavy atom. The van der Waals surface area contributed by atoms with Crippen molar-refractivity contribution in [1.29, 1.82) is 0 Å². The Bertz CT molecular complexity index is 783. The molecule has 3 aliphatic carbocycles. The predicted octanol–water partition coefficient (Wildman–Crippen LogP) is 7.06. The number of hydrogen-bond acceptors (Lipinski definition) is 3. The highest BCUT2D eigenvalue weighted by Crippen LogP contribution is 2.54. The summed E-state index contributed by atoms with van der Waals surface area (Å²) in [6.45, 7) is 13.6. The number of fused-ring (bicyclic) bond motifs is 1. The fourth-order valence-electron chi connectivity index (χ4n) is 5.39. The van der Waals surface area contributed by atoms with E-state index in [1.807, 2.05) is 0 Å². The van der Waals surface area contributed by atoms with Crippen LogP contribution in [0.15, 0.2) is 35.5 Å². The van der Waals surface area contributed by atoms with Gasteiger partial charge in [-0.15, -0.1) is 5.92 Å². The van der Waals surface area contributed by atoms with E-state index in [-0.39, 0.29) is 12.1 Å². The molecule has 3 rings (SSSR count). The van der Waals surface area contributed by atoms with Crippen molar-refractivity contribution in [2.45, 2.75) is 117 Å². The first-order valence-electron chi connectivity index (χ1n) is 12.5. The fourth-order valence-corrected chi connectivity index (χ4v) is 5.39. The molecule has 0 radical (unpaired) electrons. The molecule has 3 unspecified atom stereocenters. The van der Waals surface area contributed by atoms with Gasteiger partial charge in [0.15, 0.2) is 0 Å². The lowest BCUT2D eigenvalue weighted by Crippen LogP contribution is -2.27. The number of carbonyl (C=O) groups is 1. The van der Waals surface area contributed by atoms with Gasteiger partial charge in [-0.3, -0.25) is 4.79 Å². The van der Waals surface area contributed by atoms with Crippen molar-refractivity contribution >= 4 is 5.97 Å². The van der Waals surface area contributed by atoms with Gasteiger partial charge in [-0.05, 0) is 94.1 Å². The quantitative estimate of drug-likeness (QED) is 0.377. The van der Waals surface area contributed by atoms with Gasteiger partial charge in [-0.25, -0.2) is 0 Å². The lowest BCUT2D eigenvalue weighted by atomic mass is 9.67. The second kappa shape index (κ2) is 11.9. The maximum Gasteiger partial charge on any atom is 0.303 e. The number of esters is 1. The fraction of sp³-hybridized carbons (Fsp3) is 0.690. The van der Waals surface area contributed by atoms with Crippen LogP contribution in [0.1, 0.15) is 105 Å². The summed E-state index contributed by atoms with van der Waals surface area (Å²) in [5.74, 6) is 6.19. The minimum absolute atomic E-state index is 0.117. The van der Waals surface area contributed by atoms with Crippen LogP contribution in [-0.4, -0.2) is 22.8 Å². The summed E-state index contributed by atoms with van der Waals surface area (Å²) >= 11 is 0. The minimum Gasteiger partial charge on any atom is -0.458 e. The zero-order valence-corrected chi connectivity index (χ0v) is 21.1. The van der Waals surface area contributed by atoms with Crippen molar-refractivity contribution in [1.82, 2.24) is 0 Å². The Morgan fingerprint density at radius 1 is 1.22 bits per heavy atom. The molecule has 3 atom stereocenters. The number of hydrogen-bond donors (Lipinski definition) is 1. The van der Waals surface area contributed by atoms with Crippen LogP contribution in [0.25, 0.3) is 0 Å². The third-order valence-electron chi connectivity index (χ3n) is 7.03. The highest BCUT2D eigenvalue weighted by atomic mass is 16.5. The normalized spacial score (nSPS) is 30.1. The van der Waals surface area contributed by atoms with Crippen molar-refractivity contribution in [3.05, 3.63) is 35.5 Å². The van der Waals surface area contributed by atoms with E-state index in [4.69, 9.17) is 9.84 Å². The second-order valence-electron chi connectivity index (χ2n) is 10.5. The van der Waals surface area contributed by atoms with Crippen molar-refractivity contribution in [3.8, 4) is 11.8 Å².